The monoisotopic (exact) mass is 338 g/mol. The maximum absolute atomic E-state index is 12.5. The molecule has 0 aliphatic rings. The van der Waals surface area contributed by atoms with Gasteiger partial charge >= 0.3 is 0 Å². The molecule has 2 N–H and O–H groups in total. The highest BCUT2D eigenvalue weighted by Crippen LogP contribution is 2.17. The highest BCUT2D eigenvalue weighted by Gasteiger charge is 2.15. The summed E-state index contributed by atoms with van der Waals surface area (Å²) in [5.74, 6) is -0.161. The number of hydrogen-bond donors (Lipinski definition) is 2. The van der Waals surface area contributed by atoms with Crippen LogP contribution in [0.2, 0.25) is 0 Å². The highest BCUT2D eigenvalue weighted by atomic mass is 16.2. The third-order valence-electron chi connectivity index (χ3n) is 4.40. The van der Waals surface area contributed by atoms with Gasteiger partial charge in [0.05, 0.1) is 6.04 Å². The molecule has 0 aliphatic carbocycles. The minimum Gasteiger partial charge on any atom is -0.346 e. The van der Waals surface area contributed by atoms with Crippen molar-refractivity contribution < 1.29 is 9.59 Å². The van der Waals surface area contributed by atoms with Crippen LogP contribution in [0, 0.1) is 5.92 Å². The van der Waals surface area contributed by atoms with E-state index in [0.29, 0.717) is 11.3 Å². The first kappa shape index (κ1) is 18.7. The SMILES string of the molecule is CCC(CC)C(=O)Nc1cccc(C(=O)N[C@H](C)c2ccccc2)c1. The highest BCUT2D eigenvalue weighted by molar-refractivity contribution is 5.97. The van der Waals surface area contributed by atoms with E-state index in [0.717, 1.165) is 18.4 Å². The average Bonchev–Trinajstić information content (AvgIpc) is 2.63. The molecular formula is C21H26N2O2. The zero-order valence-electron chi connectivity index (χ0n) is 15.1. The number of carbonyl (C=O) groups is 2. The van der Waals surface area contributed by atoms with Crippen molar-refractivity contribution in [2.45, 2.75) is 39.7 Å². The minimum atomic E-state index is -0.157. The Morgan fingerprint density at radius 3 is 2.28 bits per heavy atom. The Balaban J connectivity index is 2.05. The van der Waals surface area contributed by atoms with Crippen molar-refractivity contribution in [3.8, 4) is 0 Å². The van der Waals surface area contributed by atoms with Crippen LogP contribution in [0.15, 0.2) is 54.6 Å². The second-order valence-corrected chi connectivity index (χ2v) is 6.19. The van der Waals surface area contributed by atoms with Gasteiger partial charge in [0.2, 0.25) is 5.91 Å². The standard InChI is InChI=1S/C21H26N2O2/c1-4-16(5-2)20(24)23-19-13-9-12-18(14-19)21(25)22-15(3)17-10-7-6-8-11-17/h6-16H,4-5H2,1-3H3,(H,22,25)(H,23,24)/t15-/m1/s1. The fourth-order valence-corrected chi connectivity index (χ4v) is 2.75. The maximum atomic E-state index is 12.5. The Kier molecular flexibility index (Phi) is 6.75. The summed E-state index contributed by atoms with van der Waals surface area (Å²) in [7, 11) is 0. The number of nitrogens with one attached hydrogen (secondary N) is 2. The van der Waals surface area contributed by atoms with E-state index >= 15 is 0 Å². The first-order valence-corrected chi connectivity index (χ1v) is 8.81. The topological polar surface area (TPSA) is 58.2 Å². The molecule has 0 aromatic heterocycles. The quantitative estimate of drug-likeness (QED) is 0.778. The van der Waals surface area contributed by atoms with Crippen molar-refractivity contribution >= 4 is 17.5 Å². The van der Waals surface area contributed by atoms with Crippen molar-refractivity contribution in [1.82, 2.24) is 5.32 Å². The molecule has 0 fully saturated rings. The van der Waals surface area contributed by atoms with Gasteiger partial charge in [-0.25, -0.2) is 0 Å². The molecule has 0 heterocycles. The molecule has 0 bridgehead atoms. The van der Waals surface area contributed by atoms with Crippen LogP contribution in [0.1, 0.15) is 55.6 Å². The van der Waals surface area contributed by atoms with Crippen LogP contribution in [-0.2, 0) is 4.79 Å². The summed E-state index contributed by atoms with van der Waals surface area (Å²) in [6.07, 6.45) is 1.61. The third-order valence-corrected chi connectivity index (χ3v) is 4.40. The van der Waals surface area contributed by atoms with Gasteiger partial charge in [0, 0.05) is 17.2 Å². The predicted molar refractivity (Wildman–Crippen MR) is 101 cm³/mol. The van der Waals surface area contributed by atoms with E-state index in [9.17, 15) is 9.59 Å². The maximum Gasteiger partial charge on any atom is 0.251 e. The van der Waals surface area contributed by atoms with E-state index in [1.807, 2.05) is 51.1 Å². The molecule has 0 spiro atoms. The summed E-state index contributed by atoms with van der Waals surface area (Å²) in [4.78, 5) is 24.7. The fourth-order valence-electron chi connectivity index (χ4n) is 2.75. The van der Waals surface area contributed by atoms with Crippen LogP contribution in [0.4, 0.5) is 5.69 Å². The summed E-state index contributed by atoms with van der Waals surface area (Å²) in [6.45, 7) is 5.96. The smallest absolute Gasteiger partial charge is 0.251 e. The molecule has 4 nitrogen and oxygen atoms in total. The Hall–Kier alpha value is -2.62. The van der Waals surface area contributed by atoms with Gasteiger partial charge in [-0.3, -0.25) is 9.59 Å². The van der Waals surface area contributed by atoms with Crippen molar-refractivity contribution in [3.05, 3.63) is 65.7 Å². The van der Waals surface area contributed by atoms with Crippen LogP contribution in [0.3, 0.4) is 0 Å². The molecule has 0 saturated carbocycles. The molecule has 25 heavy (non-hydrogen) atoms. The van der Waals surface area contributed by atoms with Gasteiger partial charge in [-0.2, -0.15) is 0 Å². The molecule has 132 valence electrons. The van der Waals surface area contributed by atoms with Crippen molar-refractivity contribution in [3.63, 3.8) is 0 Å². The summed E-state index contributed by atoms with van der Waals surface area (Å²) in [6, 6.07) is 16.8. The van der Waals surface area contributed by atoms with Gasteiger partial charge < -0.3 is 10.6 Å². The van der Waals surface area contributed by atoms with Gasteiger partial charge in [-0.1, -0.05) is 50.2 Å². The van der Waals surface area contributed by atoms with Gasteiger partial charge in [0.25, 0.3) is 5.91 Å². The van der Waals surface area contributed by atoms with E-state index in [2.05, 4.69) is 10.6 Å². The predicted octanol–water partition coefficient (Wildman–Crippen LogP) is 4.55. The second-order valence-electron chi connectivity index (χ2n) is 6.19. The van der Waals surface area contributed by atoms with E-state index in [-0.39, 0.29) is 23.8 Å². The number of anilines is 1. The lowest BCUT2D eigenvalue weighted by atomic mass is 10.0. The Bertz CT molecular complexity index is 709. The largest absolute Gasteiger partial charge is 0.346 e. The van der Waals surface area contributed by atoms with Gasteiger partial charge in [0.15, 0.2) is 0 Å². The van der Waals surface area contributed by atoms with Crippen molar-refractivity contribution in [2.24, 2.45) is 5.92 Å². The number of benzene rings is 2. The van der Waals surface area contributed by atoms with Crippen LogP contribution in [0.25, 0.3) is 0 Å². The molecule has 0 saturated heterocycles. The zero-order chi connectivity index (χ0) is 18.2. The lowest BCUT2D eigenvalue weighted by molar-refractivity contribution is -0.120. The first-order valence-electron chi connectivity index (χ1n) is 8.81. The molecule has 1 atom stereocenters. The van der Waals surface area contributed by atoms with Crippen LogP contribution in [-0.4, -0.2) is 11.8 Å². The summed E-state index contributed by atoms with van der Waals surface area (Å²) in [5, 5.41) is 5.89. The van der Waals surface area contributed by atoms with E-state index in [4.69, 9.17) is 0 Å². The molecule has 2 aromatic carbocycles. The molecule has 0 radical (unpaired) electrons. The van der Waals surface area contributed by atoms with Gasteiger partial charge in [-0.15, -0.1) is 0 Å². The van der Waals surface area contributed by atoms with Crippen molar-refractivity contribution in [2.75, 3.05) is 5.32 Å². The third kappa shape index (κ3) is 5.18. The second kappa shape index (κ2) is 9.02. The Morgan fingerprint density at radius 2 is 1.64 bits per heavy atom. The summed E-state index contributed by atoms with van der Waals surface area (Å²) >= 11 is 0. The molecule has 4 heteroatoms. The molecule has 0 unspecified atom stereocenters. The van der Waals surface area contributed by atoms with Gasteiger partial charge in [0.1, 0.15) is 0 Å². The van der Waals surface area contributed by atoms with Gasteiger partial charge in [-0.05, 0) is 43.5 Å². The molecule has 2 amide bonds. The van der Waals surface area contributed by atoms with E-state index in [1.54, 1.807) is 24.3 Å². The first-order chi connectivity index (χ1) is 12.0. The number of carbonyl (C=O) groups excluding carboxylic acids is 2. The number of hydrogen-bond acceptors (Lipinski definition) is 2. The summed E-state index contributed by atoms with van der Waals surface area (Å²) < 4.78 is 0. The van der Waals surface area contributed by atoms with Crippen LogP contribution >= 0.6 is 0 Å². The molecule has 0 aliphatic heterocycles. The van der Waals surface area contributed by atoms with Crippen LogP contribution < -0.4 is 10.6 Å². The molecular weight excluding hydrogens is 312 g/mol. The summed E-state index contributed by atoms with van der Waals surface area (Å²) in [5.41, 5.74) is 2.23. The molecule has 2 aromatic rings. The number of rotatable bonds is 7. The number of amides is 2. The normalized spacial score (nSPS) is 11.8. The fraction of sp³-hybridized carbons (Fsp3) is 0.333. The molecule has 2 rings (SSSR count). The average molecular weight is 338 g/mol. The lowest BCUT2D eigenvalue weighted by Gasteiger charge is -2.16. The van der Waals surface area contributed by atoms with E-state index in [1.165, 1.54) is 0 Å². The zero-order valence-corrected chi connectivity index (χ0v) is 15.1. The van der Waals surface area contributed by atoms with Crippen molar-refractivity contribution in [1.29, 1.82) is 0 Å². The minimum absolute atomic E-state index is 0.000196. The van der Waals surface area contributed by atoms with E-state index < -0.39 is 0 Å². The lowest BCUT2D eigenvalue weighted by Crippen LogP contribution is -2.27. The Labute approximate surface area is 149 Å². The Morgan fingerprint density at radius 1 is 0.960 bits per heavy atom. The van der Waals surface area contributed by atoms with Crippen LogP contribution in [0.5, 0.6) is 0 Å².